The third-order valence-corrected chi connectivity index (χ3v) is 5.93. The molecule has 0 aliphatic heterocycles. The lowest BCUT2D eigenvalue weighted by Gasteiger charge is -2.23. The molecule has 0 aliphatic rings. The molecule has 0 atom stereocenters. The summed E-state index contributed by atoms with van der Waals surface area (Å²) in [6.07, 6.45) is 0.814. The topological polar surface area (TPSA) is 40.6 Å². The fourth-order valence-electron chi connectivity index (χ4n) is 2.23. The van der Waals surface area contributed by atoms with Gasteiger partial charge in [-0.3, -0.25) is 0 Å². The molecule has 0 radical (unpaired) electrons. The van der Waals surface area contributed by atoms with Crippen molar-refractivity contribution in [2.24, 2.45) is 0 Å². The van der Waals surface area contributed by atoms with Crippen LogP contribution in [-0.2, 0) is 15.9 Å². The zero-order valence-corrected chi connectivity index (χ0v) is 14.8. The molecule has 0 fully saturated rings. The van der Waals surface area contributed by atoms with Gasteiger partial charge < -0.3 is 4.90 Å². The summed E-state index contributed by atoms with van der Waals surface area (Å²) in [6.45, 7) is 5.56. The van der Waals surface area contributed by atoms with Gasteiger partial charge in [0.2, 0.25) is 10.0 Å². The highest BCUT2D eigenvalue weighted by molar-refractivity contribution is 7.89. The van der Waals surface area contributed by atoms with Crippen molar-refractivity contribution in [3.8, 4) is 0 Å². The molecule has 0 amide bonds. The Labute approximate surface area is 133 Å². The molecule has 21 heavy (non-hydrogen) atoms. The van der Waals surface area contributed by atoms with Crippen LogP contribution < -0.4 is 0 Å². The molecule has 0 saturated carbocycles. The van der Waals surface area contributed by atoms with Crippen molar-refractivity contribution in [3.63, 3.8) is 0 Å². The number of hydrogen-bond acceptors (Lipinski definition) is 3. The molecule has 0 heterocycles. The highest BCUT2D eigenvalue weighted by Gasteiger charge is 2.25. The number of rotatable bonds is 8. The van der Waals surface area contributed by atoms with Gasteiger partial charge in [-0.05, 0) is 51.2 Å². The first-order valence-corrected chi connectivity index (χ1v) is 9.11. The van der Waals surface area contributed by atoms with E-state index in [9.17, 15) is 8.42 Å². The molecule has 1 rings (SSSR count). The summed E-state index contributed by atoms with van der Waals surface area (Å²) in [5.41, 5.74) is 1.61. The van der Waals surface area contributed by atoms with Crippen LogP contribution in [0.25, 0.3) is 0 Å². The van der Waals surface area contributed by atoms with Gasteiger partial charge in [-0.15, -0.1) is 11.6 Å². The van der Waals surface area contributed by atoms with Crippen LogP contribution >= 0.6 is 11.6 Å². The van der Waals surface area contributed by atoms with Gasteiger partial charge in [0, 0.05) is 19.0 Å². The minimum atomic E-state index is -3.46. The molecule has 0 aromatic heterocycles. The molecule has 0 N–H and O–H groups in total. The first-order valence-electron chi connectivity index (χ1n) is 7.14. The van der Waals surface area contributed by atoms with Crippen LogP contribution in [-0.4, -0.2) is 51.4 Å². The van der Waals surface area contributed by atoms with Crippen LogP contribution in [0.4, 0.5) is 0 Å². The van der Waals surface area contributed by atoms with Gasteiger partial charge in [0.1, 0.15) is 0 Å². The Morgan fingerprint density at radius 1 is 1.19 bits per heavy atom. The molecular weight excluding hydrogens is 308 g/mol. The Morgan fingerprint density at radius 3 is 2.38 bits per heavy atom. The van der Waals surface area contributed by atoms with Gasteiger partial charge in [-0.1, -0.05) is 19.1 Å². The molecule has 0 spiro atoms. The third-order valence-electron chi connectivity index (χ3n) is 3.52. The van der Waals surface area contributed by atoms with Crippen molar-refractivity contribution in [2.75, 3.05) is 33.7 Å². The quantitative estimate of drug-likeness (QED) is 0.687. The molecule has 0 aliphatic carbocycles. The molecule has 0 saturated heterocycles. The van der Waals surface area contributed by atoms with E-state index >= 15 is 0 Å². The van der Waals surface area contributed by atoms with Crippen LogP contribution in [0.15, 0.2) is 23.1 Å². The molecule has 0 unspecified atom stereocenters. The fourth-order valence-corrected chi connectivity index (χ4v) is 4.28. The van der Waals surface area contributed by atoms with E-state index in [-0.39, 0.29) is 0 Å². The van der Waals surface area contributed by atoms with E-state index in [1.165, 1.54) is 4.31 Å². The summed E-state index contributed by atoms with van der Waals surface area (Å²) in [5.74, 6) is 0.321. The number of alkyl halides is 1. The van der Waals surface area contributed by atoms with Crippen LogP contribution in [0.5, 0.6) is 0 Å². The van der Waals surface area contributed by atoms with Crippen LogP contribution in [0.3, 0.4) is 0 Å². The highest BCUT2D eigenvalue weighted by Crippen LogP contribution is 2.23. The highest BCUT2D eigenvalue weighted by atomic mass is 35.5. The Morgan fingerprint density at radius 2 is 1.86 bits per heavy atom. The van der Waals surface area contributed by atoms with E-state index in [1.807, 2.05) is 34.0 Å². The van der Waals surface area contributed by atoms with E-state index < -0.39 is 10.0 Å². The second-order valence-corrected chi connectivity index (χ2v) is 7.50. The van der Waals surface area contributed by atoms with Crippen molar-refractivity contribution < 1.29 is 8.42 Å². The number of benzene rings is 1. The Hall–Kier alpha value is -0.620. The van der Waals surface area contributed by atoms with Gasteiger partial charge in [-0.2, -0.15) is 4.31 Å². The van der Waals surface area contributed by atoms with Crippen molar-refractivity contribution in [1.29, 1.82) is 0 Å². The average molecular weight is 333 g/mol. The molecule has 6 heteroatoms. The largest absolute Gasteiger partial charge is 0.309 e. The Bertz CT molecular complexity index is 559. The number of sulfonamides is 1. The minimum Gasteiger partial charge on any atom is -0.309 e. The second-order valence-electron chi connectivity index (χ2n) is 5.33. The summed E-state index contributed by atoms with van der Waals surface area (Å²) in [6, 6.07) is 5.28. The zero-order valence-electron chi connectivity index (χ0n) is 13.3. The predicted molar refractivity (Wildman–Crippen MR) is 88.3 cm³/mol. The summed E-state index contributed by atoms with van der Waals surface area (Å²) < 4.78 is 27.1. The van der Waals surface area contributed by atoms with Crippen LogP contribution in [0.1, 0.15) is 24.5 Å². The van der Waals surface area contributed by atoms with Gasteiger partial charge in [0.15, 0.2) is 0 Å². The molecule has 1 aromatic rings. The van der Waals surface area contributed by atoms with Crippen molar-refractivity contribution in [1.82, 2.24) is 9.21 Å². The summed E-state index contributed by atoms with van der Waals surface area (Å²) in [7, 11) is 0.514. The lowest BCUT2D eigenvalue weighted by molar-refractivity contribution is 0.356. The maximum atomic E-state index is 12.8. The summed E-state index contributed by atoms with van der Waals surface area (Å²) in [4.78, 5) is 2.42. The zero-order chi connectivity index (χ0) is 16.0. The van der Waals surface area contributed by atoms with Gasteiger partial charge in [0.25, 0.3) is 0 Å². The first kappa shape index (κ1) is 18.4. The Balaban J connectivity index is 3.02. The SMILES string of the molecule is CCN(CCCN(C)C)S(=O)(=O)c1cccc(CCl)c1C. The van der Waals surface area contributed by atoms with Crippen LogP contribution in [0.2, 0.25) is 0 Å². The molecule has 120 valence electrons. The van der Waals surface area contributed by atoms with E-state index in [1.54, 1.807) is 12.1 Å². The summed E-state index contributed by atoms with van der Waals surface area (Å²) >= 11 is 5.87. The van der Waals surface area contributed by atoms with Gasteiger partial charge in [-0.25, -0.2) is 8.42 Å². The molecule has 4 nitrogen and oxygen atoms in total. The minimum absolute atomic E-state index is 0.321. The van der Waals surface area contributed by atoms with E-state index in [0.29, 0.717) is 23.9 Å². The van der Waals surface area contributed by atoms with Crippen molar-refractivity contribution >= 4 is 21.6 Å². The van der Waals surface area contributed by atoms with Gasteiger partial charge >= 0.3 is 0 Å². The first-order chi connectivity index (χ1) is 9.84. The maximum absolute atomic E-state index is 12.8. The number of halogens is 1. The lowest BCUT2D eigenvalue weighted by Crippen LogP contribution is -2.33. The second kappa shape index (κ2) is 8.13. The lowest BCUT2D eigenvalue weighted by atomic mass is 10.1. The third kappa shape index (κ3) is 4.68. The number of nitrogens with zero attached hydrogens (tertiary/aromatic N) is 2. The standard InChI is InChI=1S/C15H25ClN2O2S/c1-5-18(11-7-10-17(3)4)21(19,20)15-9-6-8-14(12-16)13(15)2/h6,8-9H,5,7,10-12H2,1-4H3. The smallest absolute Gasteiger partial charge is 0.243 e. The van der Waals surface area contributed by atoms with Crippen molar-refractivity contribution in [2.45, 2.75) is 31.0 Å². The number of hydrogen-bond donors (Lipinski definition) is 0. The van der Waals surface area contributed by atoms with Gasteiger partial charge in [0.05, 0.1) is 4.90 Å². The molecular formula is C15H25ClN2O2S. The monoisotopic (exact) mass is 332 g/mol. The molecule has 0 bridgehead atoms. The average Bonchev–Trinajstić information content (AvgIpc) is 2.43. The van der Waals surface area contributed by atoms with E-state index in [0.717, 1.165) is 24.1 Å². The fraction of sp³-hybridized carbons (Fsp3) is 0.600. The maximum Gasteiger partial charge on any atom is 0.243 e. The Kier molecular flexibility index (Phi) is 7.13. The van der Waals surface area contributed by atoms with Crippen molar-refractivity contribution in [3.05, 3.63) is 29.3 Å². The van der Waals surface area contributed by atoms with Crippen LogP contribution in [0, 0.1) is 6.92 Å². The molecule has 1 aromatic carbocycles. The van der Waals surface area contributed by atoms with E-state index in [4.69, 9.17) is 11.6 Å². The summed E-state index contributed by atoms with van der Waals surface area (Å²) in [5, 5.41) is 0. The normalized spacial score (nSPS) is 12.3. The predicted octanol–water partition coefficient (Wildman–Crippen LogP) is 2.70. The van der Waals surface area contributed by atoms with E-state index in [2.05, 4.69) is 4.90 Å².